The van der Waals surface area contributed by atoms with Crippen molar-refractivity contribution >= 4 is 35.4 Å². The number of aromatic nitrogens is 2. The summed E-state index contributed by atoms with van der Waals surface area (Å²) in [5, 5.41) is 7.87. The van der Waals surface area contributed by atoms with E-state index in [1.165, 1.54) is 11.1 Å². The number of fused-ring (bicyclic) bond motifs is 1. The van der Waals surface area contributed by atoms with Crippen LogP contribution >= 0.6 is 23.2 Å². The highest BCUT2D eigenvalue weighted by molar-refractivity contribution is 6.47. The molecule has 1 aromatic heterocycles. The molecule has 0 saturated heterocycles. The van der Waals surface area contributed by atoms with E-state index in [9.17, 15) is 0 Å². The predicted molar refractivity (Wildman–Crippen MR) is 107 cm³/mol. The van der Waals surface area contributed by atoms with Gasteiger partial charge in [-0.25, -0.2) is 0 Å². The second kappa shape index (κ2) is 7.22. The molecular weight excluding hydrogens is 383 g/mol. The molecule has 0 atom stereocenters. The summed E-state index contributed by atoms with van der Waals surface area (Å²) in [6.07, 6.45) is 6.00. The molecule has 0 unspecified atom stereocenters. The van der Waals surface area contributed by atoms with Gasteiger partial charge in [0.25, 0.3) is 5.89 Å². The first-order valence-electron chi connectivity index (χ1n) is 8.42. The number of benzene rings is 2. The van der Waals surface area contributed by atoms with Crippen molar-refractivity contribution in [3.8, 4) is 11.5 Å². The van der Waals surface area contributed by atoms with E-state index in [0.29, 0.717) is 12.5 Å². The van der Waals surface area contributed by atoms with E-state index in [4.69, 9.17) is 32.4 Å². The van der Waals surface area contributed by atoms with Gasteiger partial charge in [0.15, 0.2) is 4.33 Å². The van der Waals surface area contributed by atoms with Crippen LogP contribution in [0.25, 0.3) is 23.6 Å². The van der Waals surface area contributed by atoms with Gasteiger partial charge in [0, 0.05) is 5.56 Å². The van der Waals surface area contributed by atoms with Crippen LogP contribution in [0.1, 0.15) is 29.5 Å². The molecule has 136 valence electrons. The van der Waals surface area contributed by atoms with E-state index in [-0.39, 0.29) is 5.89 Å². The average molecular weight is 399 g/mol. The summed E-state index contributed by atoms with van der Waals surface area (Å²) in [6, 6.07) is 16.0. The van der Waals surface area contributed by atoms with Crippen molar-refractivity contribution < 1.29 is 9.15 Å². The maximum atomic E-state index is 5.97. The highest BCUT2D eigenvalue weighted by atomic mass is 35.5. The Hall–Kier alpha value is -2.56. The lowest BCUT2D eigenvalue weighted by atomic mass is 10.1. The quantitative estimate of drug-likeness (QED) is 0.507. The van der Waals surface area contributed by atoms with Crippen molar-refractivity contribution in [2.75, 3.05) is 0 Å². The van der Waals surface area contributed by atoms with Gasteiger partial charge in [0.2, 0.25) is 5.89 Å². The molecule has 0 saturated carbocycles. The fourth-order valence-electron chi connectivity index (χ4n) is 2.69. The molecular formula is C21H16Cl2N2O2. The van der Waals surface area contributed by atoms with Crippen LogP contribution in [0.3, 0.4) is 0 Å². The standard InChI is InChI=1S/C21H16Cl2N2O2/c1-21(22,23)20-25-24-19(27-20)15-9-6-14(7-10-15)8-11-18-12-16-4-2-3-5-17(16)13-26-18/h2-12H,13H2,1H3/b11-8+. The molecule has 0 N–H and O–H groups in total. The third kappa shape index (κ3) is 4.07. The normalized spacial score (nSPS) is 14.0. The highest BCUT2D eigenvalue weighted by Crippen LogP contribution is 2.33. The first kappa shape index (κ1) is 17.8. The van der Waals surface area contributed by atoms with Gasteiger partial charge < -0.3 is 9.15 Å². The molecule has 4 rings (SSSR count). The zero-order chi connectivity index (χ0) is 18.9. The topological polar surface area (TPSA) is 48.2 Å². The zero-order valence-corrected chi connectivity index (χ0v) is 16.0. The molecule has 0 amide bonds. The fraction of sp³-hybridized carbons (Fsp3) is 0.143. The average Bonchev–Trinajstić information content (AvgIpc) is 3.17. The molecule has 0 radical (unpaired) electrons. The number of allylic oxidation sites excluding steroid dienone is 1. The molecule has 0 fully saturated rings. The lowest BCUT2D eigenvalue weighted by Crippen LogP contribution is -2.03. The largest absolute Gasteiger partial charge is 0.489 e. The van der Waals surface area contributed by atoms with E-state index >= 15 is 0 Å². The summed E-state index contributed by atoms with van der Waals surface area (Å²) in [7, 11) is 0. The summed E-state index contributed by atoms with van der Waals surface area (Å²) in [5.41, 5.74) is 4.21. The first-order valence-corrected chi connectivity index (χ1v) is 9.17. The zero-order valence-electron chi connectivity index (χ0n) is 14.5. The smallest absolute Gasteiger partial charge is 0.252 e. The van der Waals surface area contributed by atoms with Gasteiger partial charge in [0.1, 0.15) is 12.4 Å². The first-order chi connectivity index (χ1) is 13.0. The molecule has 0 bridgehead atoms. The molecule has 0 spiro atoms. The lowest BCUT2D eigenvalue weighted by molar-refractivity contribution is 0.210. The molecule has 3 aromatic rings. The van der Waals surface area contributed by atoms with Crippen LogP contribution in [0.4, 0.5) is 0 Å². The number of nitrogens with zero attached hydrogens (tertiary/aromatic N) is 2. The summed E-state index contributed by atoms with van der Waals surface area (Å²) in [6.45, 7) is 2.17. The van der Waals surface area contributed by atoms with Crippen molar-refractivity contribution in [2.45, 2.75) is 17.9 Å². The number of hydrogen-bond donors (Lipinski definition) is 0. The lowest BCUT2D eigenvalue weighted by Gasteiger charge is -2.15. The van der Waals surface area contributed by atoms with Gasteiger partial charge in [-0.1, -0.05) is 65.7 Å². The Morgan fingerprint density at radius 1 is 1.00 bits per heavy atom. The Labute approximate surface area is 167 Å². The number of rotatable bonds is 4. The minimum atomic E-state index is -1.21. The van der Waals surface area contributed by atoms with Crippen LogP contribution in [0.15, 0.2) is 64.8 Å². The van der Waals surface area contributed by atoms with Crippen LogP contribution < -0.4 is 0 Å². The van der Waals surface area contributed by atoms with E-state index in [2.05, 4.69) is 22.3 Å². The summed E-state index contributed by atoms with van der Waals surface area (Å²) in [5.74, 6) is 1.39. The summed E-state index contributed by atoms with van der Waals surface area (Å²) in [4.78, 5) is 0. The number of halogens is 2. The Balaban J connectivity index is 1.49. The Kier molecular flexibility index (Phi) is 4.77. The highest BCUT2D eigenvalue weighted by Gasteiger charge is 2.27. The van der Waals surface area contributed by atoms with Crippen molar-refractivity contribution in [1.29, 1.82) is 0 Å². The maximum Gasteiger partial charge on any atom is 0.252 e. The van der Waals surface area contributed by atoms with Crippen molar-refractivity contribution in [2.24, 2.45) is 0 Å². The predicted octanol–water partition coefficient (Wildman–Crippen LogP) is 5.97. The van der Waals surface area contributed by atoms with Gasteiger partial charge in [-0.3, -0.25) is 0 Å². The van der Waals surface area contributed by atoms with Gasteiger partial charge in [-0.2, -0.15) is 0 Å². The van der Waals surface area contributed by atoms with Crippen LogP contribution in [-0.4, -0.2) is 10.2 Å². The second-order valence-electron chi connectivity index (χ2n) is 6.29. The maximum absolute atomic E-state index is 5.97. The van der Waals surface area contributed by atoms with E-state index in [1.54, 1.807) is 6.92 Å². The molecule has 2 heterocycles. The van der Waals surface area contributed by atoms with Gasteiger partial charge in [0.05, 0.1) is 0 Å². The van der Waals surface area contributed by atoms with Crippen molar-refractivity contribution in [3.63, 3.8) is 0 Å². The van der Waals surface area contributed by atoms with E-state index < -0.39 is 4.33 Å². The van der Waals surface area contributed by atoms with Crippen LogP contribution in [-0.2, 0) is 15.7 Å². The van der Waals surface area contributed by atoms with Crippen LogP contribution in [0.5, 0.6) is 0 Å². The molecule has 27 heavy (non-hydrogen) atoms. The molecule has 4 nitrogen and oxygen atoms in total. The van der Waals surface area contributed by atoms with E-state index in [0.717, 1.165) is 16.9 Å². The molecule has 2 aromatic carbocycles. The van der Waals surface area contributed by atoms with Crippen LogP contribution in [0, 0.1) is 0 Å². The van der Waals surface area contributed by atoms with Crippen molar-refractivity contribution in [1.82, 2.24) is 10.2 Å². The molecule has 1 aliphatic heterocycles. The Morgan fingerprint density at radius 2 is 1.78 bits per heavy atom. The number of alkyl halides is 2. The van der Waals surface area contributed by atoms with Gasteiger partial charge in [-0.15, -0.1) is 10.2 Å². The molecule has 1 aliphatic rings. The third-order valence-corrected chi connectivity index (χ3v) is 4.47. The Bertz CT molecular complexity index is 1020. The molecule has 0 aliphatic carbocycles. The fourth-order valence-corrected chi connectivity index (χ4v) is 2.84. The number of ether oxygens (including phenoxy) is 1. The SMILES string of the molecule is CC(Cl)(Cl)c1nnc(-c2ccc(/C=C/C3=Cc4ccccc4CO3)cc2)o1. The number of hydrogen-bond acceptors (Lipinski definition) is 4. The van der Waals surface area contributed by atoms with Gasteiger partial charge >= 0.3 is 0 Å². The van der Waals surface area contributed by atoms with Crippen molar-refractivity contribution in [3.05, 3.63) is 82.9 Å². The summed E-state index contributed by atoms with van der Waals surface area (Å²) < 4.78 is 10.1. The third-order valence-electron chi connectivity index (χ3n) is 4.15. The Morgan fingerprint density at radius 3 is 2.52 bits per heavy atom. The summed E-state index contributed by atoms with van der Waals surface area (Å²) >= 11 is 11.9. The van der Waals surface area contributed by atoms with Crippen LogP contribution in [0.2, 0.25) is 0 Å². The minimum Gasteiger partial charge on any atom is -0.489 e. The monoisotopic (exact) mass is 398 g/mol. The van der Waals surface area contributed by atoms with Gasteiger partial charge in [-0.05, 0) is 47.9 Å². The van der Waals surface area contributed by atoms with E-state index in [1.807, 2.05) is 54.6 Å². The second-order valence-corrected chi connectivity index (χ2v) is 8.00. The minimum absolute atomic E-state index is 0.173. The molecule has 6 heteroatoms.